The summed E-state index contributed by atoms with van der Waals surface area (Å²) in [5, 5.41) is 0.684. The average Bonchev–Trinajstić information content (AvgIpc) is 3.46. The summed E-state index contributed by atoms with van der Waals surface area (Å²) in [6, 6.07) is 16.1. The monoisotopic (exact) mass is 551 g/mol. The Kier molecular flexibility index (Phi) is 10.1. The van der Waals surface area contributed by atoms with E-state index in [9.17, 15) is 0 Å². The number of rotatable bonds is 8. The number of nitrogens with zero attached hydrogens (tertiary/aromatic N) is 2. The van der Waals surface area contributed by atoms with Gasteiger partial charge >= 0.3 is 0 Å². The summed E-state index contributed by atoms with van der Waals surface area (Å²) in [6.45, 7) is 9.37. The highest BCUT2D eigenvalue weighted by atomic mass is 35.5. The number of aromatic amines is 1. The lowest BCUT2D eigenvalue weighted by atomic mass is 10.1. The zero-order chi connectivity index (χ0) is 23.5. The van der Waals surface area contributed by atoms with Crippen molar-refractivity contribution >= 4 is 47.4 Å². The highest BCUT2D eigenvalue weighted by Gasteiger charge is 2.15. The Balaban J connectivity index is 0.00000180. The Bertz CT molecular complexity index is 1270. The molecule has 0 spiro atoms. The van der Waals surface area contributed by atoms with Crippen LogP contribution in [-0.2, 0) is 17.7 Å². The van der Waals surface area contributed by atoms with E-state index in [2.05, 4.69) is 41.9 Å². The fourth-order valence-corrected chi connectivity index (χ4v) is 4.35. The number of halogens is 3. The predicted octanol–water partition coefficient (Wildman–Crippen LogP) is 6.78. The number of benzene rings is 2. The first kappa shape index (κ1) is 28.4. The molecule has 1 saturated heterocycles. The second-order valence-corrected chi connectivity index (χ2v) is 9.66. The van der Waals surface area contributed by atoms with E-state index < -0.39 is 0 Å². The maximum absolute atomic E-state index is 6.26. The topological polar surface area (TPSA) is 63.5 Å². The van der Waals surface area contributed by atoms with E-state index in [1.807, 2.05) is 30.3 Å². The van der Waals surface area contributed by atoms with Crippen LogP contribution in [0.15, 0.2) is 52.9 Å². The Labute approximate surface area is 229 Å². The van der Waals surface area contributed by atoms with Gasteiger partial charge in [0.05, 0.1) is 30.9 Å². The second-order valence-electron chi connectivity index (χ2n) is 9.23. The Morgan fingerprint density at radius 2 is 1.86 bits per heavy atom. The summed E-state index contributed by atoms with van der Waals surface area (Å²) in [7, 11) is 0. The second kappa shape index (κ2) is 12.8. The summed E-state index contributed by atoms with van der Waals surface area (Å²) in [5.41, 5.74) is 4.20. The molecule has 1 fully saturated rings. The third-order valence-electron chi connectivity index (χ3n) is 5.91. The highest BCUT2D eigenvalue weighted by molar-refractivity contribution is 6.30. The first-order chi connectivity index (χ1) is 16.5. The van der Waals surface area contributed by atoms with E-state index in [-0.39, 0.29) is 24.8 Å². The molecule has 4 aromatic rings. The molecule has 9 heteroatoms. The lowest BCUT2D eigenvalue weighted by Gasteiger charge is -2.26. The summed E-state index contributed by atoms with van der Waals surface area (Å²) >= 11 is 6.26. The molecule has 0 amide bonds. The molecule has 2 aromatic carbocycles. The summed E-state index contributed by atoms with van der Waals surface area (Å²) in [4.78, 5) is 10.6. The van der Waals surface area contributed by atoms with Crippen molar-refractivity contribution < 1.29 is 13.9 Å². The highest BCUT2D eigenvalue weighted by Crippen LogP contribution is 2.29. The van der Waals surface area contributed by atoms with Gasteiger partial charge in [-0.2, -0.15) is 0 Å². The van der Waals surface area contributed by atoms with Crippen LogP contribution in [0.2, 0.25) is 5.02 Å². The third-order valence-corrected chi connectivity index (χ3v) is 6.15. The Morgan fingerprint density at radius 3 is 2.64 bits per heavy atom. The molecular weight excluding hydrogens is 521 g/mol. The molecule has 3 heterocycles. The average molecular weight is 553 g/mol. The zero-order valence-electron chi connectivity index (χ0n) is 20.5. The van der Waals surface area contributed by atoms with Crippen molar-refractivity contribution in [2.75, 3.05) is 32.9 Å². The number of hydrogen-bond donors (Lipinski definition) is 1. The molecule has 2 aromatic heterocycles. The Hall–Kier alpha value is -2.22. The number of morpholine rings is 1. The number of nitrogens with one attached hydrogen (secondary N) is 1. The van der Waals surface area contributed by atoms with Gasteiger partial charge in [0.25, 0.3) is 0 Å². The summed E-state index contributed by atoms with van der Waals surface area (Å²) in [6.07, 6.45) is 0.595. The molecule has 0 saturated carbocycles. The van der Waals surface area contributed by atoms with Gasteiger partial charge in [-0.15, -0.1) is 24.8 Å². The number of furan rings is 1. The lowest BCUT2D eigenvalue weighted by molar-refractivity contribution is 0.0342. The van der Waals surface area contributed by atoms with Crippen LogP contribution in [0, 0.1) is 5.92 Å². The molecule has 1 aliphatic rings. The summed E-state index contributed by atoms with van der Waals surface area (Å²) < 4.78 is 17.6. The van der Waals surface area contributed by atoms with Crippen molar-refractivity contribution in [2.24, 2.45) is 5.92 Å². The molecule has 0 bridgehead atoms. The van der Waals surface area contributed by atoms with Crippen molar-refractivity contribution in [2.45, 2.75) is 26.8 Å². The summed E-state index contributed by atoms with van der Waals surface area (Å²) in [5.74, 6) is 3.56. The van der Waals surface area contributed by atoms with Gasteiger partial charge in [-0.05, 0) is 53.9 Å². The van der Waals surface area contributed by atoms with E-state index in [4.69, 9.17) is 30.5 Å². The van der Waals surface area contributed by atoms with E-state index >= 15 is 0 Å². The van der Waals surface area contributed by atoms with Crippen LogP contribution in [0.5, 0.6) is 5.75 Å². The maximum Gasteiger partial charge on any atom is 0.174 e. The minimum atomic E-state index is 0. The fraction of sp³-hybridized carbons (Fsp3) is 0.370. The largest absolute Gasteiger partial charge is 0.493 e. The van der Waals surface area contributed by atoms with Gasteiger partial charge in [0.2, 0.25) is 0 Å². The van der Waals surface area contributed by atoms with Gasteiger partial charge < -0.3 is 18.9 Å². The smallest absolute Gasteiger partial charge is 0.174 e. The van der Waals surface area contributed by atoms with Gasteiger partial charge in [0.15, 0.2) is 11.6 Å². The van der Waals surface area contributed by atoms with Crippen molar-refractivity contribution in [3.8, 4) is 17.3 Å². The molecule has 36 heavy (non-hydrogen) atoms. The van der Waals surface area contributed by atoms with Crippen LogP contribution in [0.4, 0.5) is 0 Å². The lowest BCUT2D eigenvalue weighted by Crippen LogP contribution is -2.35. The third kappa shape index (κ3) is 6.96. The van der Waals surface area contributed by atoms with E-state index in [0.29, 0.717) is 29.7 Å². The van der Waals surface area contributed by atoms with Crippen molar-refractivity contribution in [1.82, 2.24) is 14.9 Å². The normalized spacial score (nSPS) is 14.0. The molecule has 0 atom stereocenters. The SMILES string of the molecule is CC(C)COc1ccc(Cl)cc1Cc1ccc(-c2nc3cc(CN4CCOCC4)ccc3[nH]2)o1.Cl.Cl. The molecular formula is C27H32Cl3N3O3. The molecule has 6 nitrogen and oxygen atoms in total. The molecule has 5 rings (SSSR count). The van der Waals surface area contributed by atoms with Crippen molar-refractivity contribution in [1.29, 1.82) is 0 Å². The molecule has 194 valence electrons. The minimum absolute atomic E-state index is 0. The van der Waals surface area contributed by atoms with Crippen LogP contribution >= 0.6 is 36.4 Å². The molecule has 0 aliphatic carbocycles. The molecule has 0 unspecified atom stereocenters. The number of ether oxygens (including phenoxy) is 2. The van der Waals surface area contributed by atoms with E-state index in [1.54, 1.807) is 0 Å². The van der Waals surface area contributed by atoms with Gasteiger partial charge in [-0.25, -0.2) is 4.98 Å². The van der Waals surface area contributed by atoms with Crippen LogP contribution < -0.4 is 4.74 Å². The number of H-pyrrole nitrogens is 1. The van der Waals surface area contributed by atoms with Gasteiger partial charge in [0, 0.05) is 36.6 Å². The molecule has 1 aliphatic heterocycles. The maximum atomic E-state index is 6.26. The van der Waals surface area contributed by atoms with Gasteiger partial charge in [0.1, 0.15) is 11.5 Å². The quantitative estimate of drug-likeness (QED) is 0.261. The van der Waals surface area contributed by atoms with Crippen LogP contribution in [-0.4, -0.2) is 47.8 Å². The number of hydrogen-bond acceptors (Lipinski definition) is 5. The van der Waals surface area contributed by atoms with Crippen LogP contribution in [0.3, 0.4) is 0 Å². The van der Waals surface area contributed by atoms with Gasteiger partial charge in [-0.1, -0.05) is 31.5 Å². The number of imidazole rings is 1. The van der Waals surface area contributed by atoms with E-state index in [0.717, 1.165) is 66.8 Å². The number of aromatic nitrogens is 2. The fourth-order valence-electron chi connectivity index (χ4n) is 4.16. The van der Waals surface area contributed by atoms with E-state index in [1.165, 1.54) is 5.56 Å². The first-order valence-corrected chi connectivity index (χ1v) is 12.2. The first-order valence-electron chi connectivity index (χ1n) is 11.8. The standard InChI is InChI=1S/C27H30ClN3O3.2ClH/c1-18(2)17-33-25-7-4-21(28)14-20(25)15-22-5-8-26(34-22)27-29-23-6-3-19(13-24(23)30-27)16-31-9-11-32-12-10-31;;/h3-8,13-14,18H,9-12,15-17H2,1-2H3,(H,29,30);2*1H. The van der Waals surface area contributed by atoms with Crippen molar-refractivity contribution in [3.05, 3.63) is 70.4 Å². The molecule has 0 radical (unpaired) electrons. The van der Waals surface area contributed by atoms with Crippen LogP contribution in [0.1, 0.15) is 30.7 Å². The minimum Gasteiger partial charge on any atom is -0.493 e. The van der Waals surface area contributed by atoms with Gasteiger partial charge in [-0.3, -0.25) is 4.90 Å². The Morgan fingerprint density at radius 1 is 1.06 bits per heavy atom. The van der Waals surface area contributed by atoms with Crippen molar-refractivity contribution in [3.63, 3.8) is 0 Å². The molecule has 1 N–H and O–H groups in total. The predicted molar refractivity (Wildman–Crippen MR) is 149 cm³/mol. The van der Waals surface area contributed by atoms with Crippen LogP contribution in [0.25, 0.3) is 22.6 Å². The zero-order valence-corrected chi connectivity index (χ0v) is 22.8. The number of fused-ring (bicyclic) bond motifs is 1.